The first-order chi connectivity index (χ1) is 14.3. The molecule has 8 heteroatoms. The Morgan fingerprint density at radius 1 is 0.833 bits per heavy atom. The quantitative estimate of drug-likeness (QED) is 0.513. The summed E-state index contributed by atoms with van der Waals surface area (Å²) in [6.45, 7) is 0. The lowest BCUT2D eigenvalue weighted by molar-refractivity contribution is -0.137. The van der Waals surface area contributed by atoms with Gasteiger partial charge in [0.05, 0.1) is 17.4 Å². The van der Waals surface area contributed by atoms with Crippen LogP contribution in [0.1, 0.15) is 28.4 Å². The molecule has 0 saturated heterocycles. The number of hydrogen-bond acceptors (Lipinski definition) is 4. The zero-order valence-corrected chi connectivity index (χ0v) is 16.7. The van der Waals surface area contributed by atoms with E-state index in [1.807, 2.05) is 0 Å². The van der Waals surface area contributed by atoms with Crippen molar-refractivity contribution in [3.63, 3.8) is 0 Å². The summed E-state index contributed by atoms with van der Waals surface area (Å²) < 4.78 is 27.2. The van der Waals surface area contributed by atoms with Gasteiger partial charge in [-0.2, -0.15) is 0 Å². The van der Waals surface area contributed by atoms with Crippen molar-refractivity contribution >= 4 is 27.6 Å². The third kappa shape index (κ3) is 5.45. The third-order valence-corrected chi connectivity index (χ3v) is 5.74. The number of amides is 1. The molecule has 3 aromatic rings. The molecule has 0 aliphatic heterocycles. The number of carboxylic acids is 1. The molecular formula is C22H20N2O5S. The van der Waals surface area contributed by atoms with Gasteiger partial charge in [0.15, 0.2) is 0 Å². The Kier molecular flexibility index (Phi) is 6.48. The molecule has 0 saturated carbocycles. The summed E-state index contributed by atoms with van der Waals surface area (Å²) in [5, 5.41) is 11.9. The van der Waals surface area contributed by atoms with Crippen LogP contribution < -0.4 is 10.0 Å². The number of carboxylic acid groups (broad SMARTS) is 1. The van der Waals surface area contributed by atoms with Gasteiger partial charge < -0.3 is 10.4 Å². The van der Waals surface area contributed by atoms with Gasteiger partial charge in [-0.1, -0.05) is 48.5 Å². The van der Waals surface area contributed by atoms with Gasteiger partial charge in [-0.15, -0.1) is 0 Å². The van der Waals surface area contributed by atoms with E-state index in [9.17, 15) is 18.0 Å². The van der Waals surface area contributed by atoms with Crippen LogP contribution in [0.2, 0.25) is 0 Å². The first-order valence-corrected chi connectivity index (χ1v) is 10.6. The topological polar surface area (TPSA) is 113 Å². The van der Waals surface area contributed by atoms with Crippen LogP contribution in [-0.4, -0.2) is 25.4 Å². The lowest BCUT2D eigenvalue weighted by Gasteiger charge is -2.17. The number of nitrogens with one attached hydrogen (secondary N) is 2. The van der Waals surface area contributed by atoms with Crippen LogP contribution in [0.3, 0.4) is 0 Å². The number of anilines is 1. The van der Waals surface area contributed by atoms with Crippen LogP contribution in [0.4, 0.5) is 5.69 Å². The standard InChI is InChI=1S/C22H20N2O5S/c25-21(26)15-20(16-7-3-1-4-8-16)23-22(27)17-11-13-18(14-12-17)24-30(28,29)19-9-5-2-6-10-19/h1-14,20,24H,15H2,(H,23,27)(H,25,26). The summed E-state index contributed by atoms with van der Waals surface area (Å²) in [5.41, 5.74) is 1.27. The highest BCUT2D eigenvalue weighted by Crippen LogP contribution is 2.19. The third-order valence-electron chi connectivity index (χ3n) is 4.34. The molecule has 0 heterocycles. The zero-order valence-electron chi connectivity index (χ0n) is 15.9. The van der Waals surface area contributed by atoms with Crippen molar-refractivity contribution in [2.45, 2.75) is 17.4 Å². The molecule has 7 nitrogen and oxygen atoms in total. The summed E-state index contributed by atoms with van der Waals surface area (Å²) >= 11 is 0. The van der Waals surface area contributed by atoms with Crippen molar-refractivity contribution in [2.75, 3.05) is 4.72 Å². The Morgan fingerprint density at radius 3 is 1.97 bits per heavy atom. The molecule has 1 unspecified atom stereocenters. The van der Waals surface area contributed by atoms with E-state index in [1.54, 1.807) is 48.5 Å². The minimum Gasteiger partial charge on any atom is -0.481 e. The summed E-state index contributed by atoms with van der Waals surface area (Å²) in [4.78, 5) is 23.9. The summed E-state index contributed by atoms with van der Waals surface area (Å²) in [6.07, 6.45) is -0.259. The average Bonchev–Trinajstić information content (AvgIpc) is 2.74. The van der Waals surface area contributed by atoms with E-state index in [-0.39, 0.29) is 16.9 Å². The van der Waals surface area contributed by atoms with E-state index >= 15 is 0 Å². The Morgan fingerprint density at radius 2 is 1.40 bits per heavy atom. The minimum atomic E-state index is -3.73. The van der Waals surface area contributed by atoms with E-state index < -0.39 is 27.9 Å². The van der Waals surface area contributed by atoms with E-state index in [2.05, 4.69) is 10.0 Å². The van der Waals surface area contributed by atoms with E-state index in [4.69, 9.17) is 5.11 Å². The minimum absolute atomic E-state index is 0.131. The molecular weight excluding hydrogens is 404 g/mol. The number of sulfonamides is 1. The highest BCUT2D eigenvalue weighted by molar-refractivity contribution is 7.92. The molecule has 3 rings (SSSR count). The number of benzene rings is 3. The molecule has 0 aliphatic rings. The normalized spacial score (nSPS) is 12.0. The maximum atomic E-state index is 12.6. The van der Waals surface area contributed by atoms with Crippen molar-refractivity contribution in [3.8, 4) is 0 Å². The van der Waals surface area contributed by atoms with Crippen LogP contribution in [0.25, 0.3) is 0 Å². The van der Waals surface area contributed by atoms with Crippen molar-refractivity contribution in [1.29, 1.82) is 0 Å². The van der Waals surface area contributed by atoms with Crippen LogP contribution in [-0.2, 0) is 14.8 Å². The molecule has 0 bridgehead atoms. The van der Waals surface area contributed by atoms with Gasteiger partial charge in [-0.3, -0.25) is 14.3 Å². The van der Waals surface area contributed by atoms with E-state index in [1.165, 1.54) is 36.4 Å². The predicted octanol–water partition coefficient (Wildman–Crippen LogP) is 3.43. The summed E-state index contributed by atoms with van der Waals surface area (Å²) in [6, 6.07) is 22.0. The van der Waals surface area contributed by atoms with Gasteiger partial charge in [-0.25, -0.2) is 8.42 Å². The monoisotopic (exact) mass is 424 g/mol. The molecule has 0 spiro atoms. The lowest BCUT2D eigenvalue weighted by atomic mass is 10.0. The summed E-state index contributed by atoms with van der Waals surface area (Å²) in [7, 11) is -3.73. The highest BCUT2D eigenvalue weighted by Gasteiger charge is 2.19. The van der Waals surface area contributed by atoms with E-state index in [0.717, 1.165) is 0 Å². The molecule has 154 valence electrons. The fourth-order valence-electron chi connectivity index (χ4n) is 2.86. The molecule has 30 heavy (non-hydrogen) atoms. The van der Waals surface area contributed by atoms with Gasteiger partial charge in [-0.05, 0) is 42.0 Å². The smallest absolute Gasteiger partial charge is 0.305 e. The average molecular weight is 424 g/mol. The predicted molar refractivity (Wildman–Crippen MR) is 113 cm³/mol. The fourth-order valence-corrected chi connectivity index (χ4v) is 3.94. The van der Waals surface area contributed by atoms with Crippen molar-refractivity contribution in [2.24, 2.45) is 0 Å². The zero-order chi connectivity index (χ0) is 21.6. The van der Waals surface area contributed by atoms with Crippen LogP contribution in [0, 0.1) is 0 Å². The molecule has 3 aromatic carbocycles. The van der Waals surface area contributed by atoms with Crippen molar-refractivity contribution in [3.05, 3.63) is 96.1 Å². The number of rotatable bonds is 8. The van der Waals surface area contributed by atoms with Crippen LogP contribution in [0.5, 0.6) is 0 Å². The van der Waals surface area contributed by atoms with E-state index in [0.29, 0.717) is 11.3 Å². The lowest BCUT2D eigenvalue weighted by Crippen LogP contribution is -2.30. The van der Waals surface area contributed by atoms with Crippen molar-refractivity contribution < 1.29 is 23.1 Å². The fraction of sp³-hybridized carbons (Fsp3) is 0.0909. The molecule has 0 fully saturated rings. The molecule has 0 radical (unpaired) electrons. The molecule has 0 aromatic heterocycles. The molecule has 3 N–H and O–H groups in total. The second kappa shape index (κ2) is 9.23. The largest absolute Gasteiger partial charge is 0.481 e. The Hall–Kier alpha value is -3.65. The Balaban J connectivity index is 1.72. The molecule has 0 aliphatic carbocycles. The summed E-state index contributed by atoms with van der Waals surface area (Å²) in [5.74, 6) is -1.49. The van der Waals surface area contributed by atoms with Crippen molar-refractivity contribution in [1.82, 2.24) is 5.32 Å². The first-order valence-electron chi connectivity index (χ1n) is 9.11. The Bertz CT molecular complexity index is 1120. The number of carbonyl (C=O) groups is 2. The maximum absolute atomic E-state index is 12.6. The second-order valence-electron chi connectivity index (χ2n) is 6.53. The van der Waals surface area contributed by atoms with Gasteiger partial charge in [0, 0.05) is 11.3 Å². The van der Waals surface area contributed by atoms with Crippen LogP contribution >= 0.6 is 0 Å². The second-order valence-corrected chi connectivity index (χ2v) is 8.21. The van der Waals surface area contributed by atoms with Gasteiger partial charge in [0.2, 0.25) is 0 Å². The van der Waals surface area contributed by atoms with Gasteiger partial charge in [0.1, 0.15) is 0 Å². The van der Waals surface area contributed by atoms with Gasteiger partial charge >= 0.3 is 5.97 Å². The number of carbonyl (C=O) groups excluding carboxylic acids is 1. The molecule has 1 amide bonds. The number of aliphatic carboxylic acids is 1. The van der Waals surface area contributed by atoms with Crippen LogP contribution in [0.15, 0.2) is 89.8 Å². The number of hydrogen-bond donors (Lipinski definition) is 3. The molecule has 1 atom stereocenters. The Labute approximate surface area is 174 Å². The first kappa shape index (κ1) is 21.1. The maximum Gasteiger partial charge on any atom is 0.305 e. The SMILES string of the molecule is O=C(O)CC(NC(=O)c1ccc(NS(=O)(=O)c2ccccc2)cc1)c1ccccc1. The highest BCUT2D eigenvalue weighted by atomic mass is 32.2. The van der Waals surface area contributed by atoms with Gasteiger partial charge in [0.25, 0.3) is 15.9 Å².